The molecular formula is C16H19ClN2O4. The predicted octanol–water partition coefficient (Wildman–Crippen LogP) is 2.85. The van der Waals surface area contributed by atoms with Crippen LogP contribution in [0.25, 0.3) is 0 Å². The molecule has 1 atom stereocenters. The van der Waals surface area contributed by atoms with Crippen LogP contribution in [0.4, 0.5) is 5.69 Å². The minimum absolute atomic E-state index is 0. The monoisotopic (exact) mass is 338 g/mol. The molecule has 2 N–H and O–H groups in total. The van der Waals surface area contributed by atoms with Gasteiger partial charge in [-0.1, -0.05) is 24.3 Å². The molecule has 0 spiro atoms. The lowest BCUT2D eigenvalue weighted by Gasteiger charge is -2.12. The Kier molecular flexibility index (Phi) is 7.47. The summed E-state index contributed by atoms with van der Waals surface area (Å²) in [4.78, 5) is 10.3. The minimum Gasteiger partial charge on any atom is -0.497 e. The number of nitro benzene ring substituents is 1. The molecule has 0 aromatic heterocycles. The normalized spacial score (nSPS) is 11.4. The Bertz CT molecular complexity index is 651. The van der Waals surface area contributed by atoms with Gasteiger partial charge in [-0.05, 0) is 23.3 Å². The molecule has 6 nitrogen and oxygen atoms in total. The summed E-state index contributed by atoms with van der Waals surface area (Å²) in [5.41, 5.74) is 1.53. The third kappa shape index (κ3) is 5.52. The van der Waals surface area contributed by atoms with E-state index in [9.17, 15) is 15.2 Å². The van der Waals surface area contributed by atoms with Crippen molar-refractivity contribution in [2.75, 3.05) is 13.7 Å². The quantitative estimate of drug-likeness (QED) is 0.599. The Hall–Kier alpha value is -2.15. The summed E-state index contributed by atoms with van der Waals surface area (Å²) >= 11 is 0. The van der Waals surface area contributed by atoms with E-state index in [-0.39, 0.29) is 18.1 Å². The number of methoxy groups -OCH3 is 1. The number of hydrogen-bond donors (Lipinski definition) is 2. The molecule has 0 aliphatic rings. The van der Waals surface area contributed by atoms with Crippen molar-refractivity contribution in [1.29, 1.82) is 0 Å². The van der Waals surface area contributed by atoms with E-state index in [0.29, 0.717) is 18.7 Å². The first kappa shape index (κ1) is 18.9. The molecule has 2 aromatic rings. The Balaban J connectivity index is 0.00000264. The molecule has 0 saturated heterocycles. The number of aliphatic hydroxyl groups excluding tert-OH is 1. The van der Waals surface area contributed by atoms with Crippen LogP contribution in [-0.2, 0) is 6.54 Å². The van der Waals surface area contributed by atoms with Crippen LogP contribution in [0.3, 0.4) is 0 Å². The zero-order valence-electron chi connectivity index (χ0n) is 12.6. The van der Waals surface area contributed by atoms with Crippen molar-refractivity contribution in [1.82, 2.24) is 5.32 Å². The largest absolute Gasteiger partial charge is 0.497 e. The number of rotatable bonds is 7. The van der Waals surface area contributed by atoms with Gasteiger partial charge < -0.3 is 15.2 Å². The number of hydrogen-bond acceptors (Lipinski definition) is 5. The van der Waals surface area contributed by atoms with Crippen molar-refractivity contribution >= 4 is 18.1 Å². The van der Waals surface area contributed by atoms with Crippen molar-refractivity contribution in [3.8, 4) is 5.75 Å². The summed E-state index contributed by atoms with van der Waals surface area (Å²) < 4.78 is 5.15. The molecular weight excluding hydrogens is 320 g/mol. The second kappa shape index (κ2) is 9.09. The van der Waals surface area contributed by atoms with Gasteiger partial charge >= 0.3 is 0 Å². The summed E-state index contributed by atoms with van der Waals surface area (Å²) in [5, 5.41) is 24.0. The van der Waals surface area contributed by atoms with Gasteiger partial charge in [0.25, 0.3) is 5.69 Å². The van der Waals surface area contributed by atoms with E-state index >= 15 is 0 Å². The summed E-state index contributed by atoms with van der Waals surface area (Å²) in [6, 6.07) is 13.7. The molecule has 1 unspecified atom stereocenters. The zero-order valence-corrected chi connectivity index (χ0v) is 13.5. The highest BCUT2D eigenvalue weighted by Crippen LogP contribution is 2.19. The van der Waals surface area contributed by atoms with E-state index in [4.69, 9.17) is 4.74 Å². The lowest BCUT2D eigenvalue weighted by Crippen LogP contribution is -2.21. The molecule has 7 heteroatoms. The molecule has 0 saturated carbocycles. The van der Waals surface area contributed by atoms with Crippen LogP contribution in [0.15, 0.2) is 48.5 Å². The predicted molar refractivity (Wildman–Crippen MR) is 90.0 cm³/mol. The van der Waals surface area contributed by atoms with E-state index in [2.05, 4.69) is 5.32 Å². The van der Waals surface area contributed by atoms with Crippen molar-refractivity contribution < 1.29 is 14.8 Å². The molecule has 0 radical (unpaired) electrons. The van der Waals surface area contributed by atoms with Crippen LogP contribution in [0.1, 0.15) is 17.2 Å². The first-order chi connectivity index (χ1) is 10.6. The number of halogens is 1. The van der Waals surface area contributed by atoms with Crippen molar-refractivity contribution in [2.24, 2.45) is 0 Å². The van der Waals surface area contributed by atoms with Gasteiger partial charge in [0.15, 0.2) is 0 Å². The first-order valence-corrected chi connectivity index (χ1v) is 6.86. The second-order valence-corrected chi connectivity index (χ2v) is 4.85. The molecule has 23 heavy (non-hydrogen) atoms. The van der Waals surface area contributed by atoms with Crippen molar-refractivity contribution in [3.63, 3.8) is 0 Å². The smallest absolute Gasteiger partial charge is 0.269 e. The van der Waals surface area contributed by atoms with E-state index in [0.717, 1.165) is 11.3 Å². The van der Waals surface area contributed by atoms with Gasteiger partial charge in [-0.15, -0.1) is 12.4 Å². The Morgan fingerprint density at radius 1 is 1.26 bits per heavy atom. The summed E-state index contributed by atoms with van der Waals surface area (Å²) in [6.07, 6.45) is -0.800. The Morgan fingerprint density at radius 2 is 2.00 bits per heavy atom. The van der Waals surface area contributed by atoms with Crippen LogP contribution in [0.5, 0.6) is 5.75 Å². The zero-order chi connectivity index (χ0) is 15.9. The Labute approximate surface area is 140 Å². The van der Waals surface area contributed by atoms with Gasteiger partial charge in [0.05, 0.1) is 18.1 Å². The highest BCUT2D eigenvalue weighted by Gasteiger charge is 2.12. The van der Waals surface area contributed by atoms with Gasteiger partial charge in [0.1, 0.15) is 5.75 Å². The fourth-order valence-electron chi connectivity index (χ4n) is 2.10. The Morgan fingerprint density at radius 3 is 2.70 bits per heavy atom. The molecule has 2 rings (SSSR count). The van der Waals surface area contributed by atoms with Crippen LogP contribution in [-0.4, -0.2) is 23.7 Å². The van der Waals surface area contributed by atoms with E-state index in [1.165, 1.54) is 12.1 Å². The molecule has 0 aliphatic carbocycles. The number of nitrogens with one attached hydrogen (secondary N) is 1. The van der Waals surface area contributed by atoms with Crippen LogP contribution < -0.4 is 10.1 Å². The molecule has 2 aromatic carbocycles. The number of ether oxygens (including phenoxy) is 1. The van der Waals surface area contributed by atoms with E-state index in [1.54, 1.807) is 19.2 Å². The number of nitrogens with zero attached hydrogens (tertiary/aromatic N) is 1. The van der Waals surface area contributed by atoms with E-state index < -0.39 is 11.0 Å². The SMILES string of the molecule is COc1cccc(CNCC(O)c2cccc([N+](=O)[O-])c2)c1.Cl. The number of benzene rings is 2. The van der Waals surface area contributed by atoms with Crippen molar-refractivity contribution in [3.05, 3.63) is 69.8 Å². The van der Waals surface area contributed by atoms with E-state index in [1.807, 2.05) is 24.3 Å². The molecule has 124 valence electrons. The molecule has 0 fully saturated rings. The lowest BCUT2D eigenvalue weighted by molar-refractivity contribution is -0.385. The topological polar surface area (TPSA) is 84.6 Å². The van der Waals surface area contributed by atoms with Gasteiger partial charge in [-0.2, -0.15) is 0 Å². The standard InChI is InChI=1S/C16H18N2O4.ClH/c1-22-15-7-2-4-12(8-15)10-17-11-16(19)13-5-3-6-14(9-13)18(20)21;/h2-9,16-17,19H,10-11H2,1H3;1H. The highest BCUT2D eigenvalue weighted by molar-refractivity contribution is 5.85. The third-order valence-corrected chi connectivity index (χ3v) is 3.27. The average molecular weight is 339 g/mol. The molecule has 0 heterocycles. The highest BCUT2D eigenvalue weighted by atomic mass is 35.5. The summed E-state index contributed by atoms with van der Waals surface area (Å²) in [7, 11) is 1.61. The van der Waals surface area contributed by atoms with Gasteiger partial charge in [-0.25, -0.2) is 0 Å². The fourth-order valence-corrected chi connectivity index (χ4v) is 2.10. The van der Waals surface area contributed by atoms with Crippen molar-refractivity contribution in [2.45, 2.75) is 12.6 Å². The number of non-ortho nitro benzene ring substituents is 1. The molecule has 0 aliphatic heterocycles. The summed E-state index contributed by atoms with van der Waals surface area (Å²) in [5.74, 6) is 0.776. The van der Waals surface area contributed by atoms with Gasteiger partial charge in [-0.3, -0.25) is 10.1 Å². The third-order valence-electron chi connectivity index (χ3n) is 3.27. The minimum atomic E-state index is -0.800. The number of nitro groups is 1. The molecule has 0 amide bonds. The van der Waals surface area contributed by atoms with Gasteiger partial charge in [0.2, 0.25) is 0 Å². The number of aliphatic hydroxyl groups is 1. The molecule has 0 bridgehead atoms. The maximum Gasteiger partial charge on any atom is 0.269 e. The maximum atomic E-state index is 10.7. The van der Waals surface area contributed by atoms with Gasteiger partial charge in [0, 0.05) is 25.2 Å². The maximum absolute atomic E-state index is 10.7. The van der Waals surface area contributed by atoms with Crippen LogP contribution in [0.2, 0.25) is 0 Å². The van der Waals surface area contributed by atoms with Crippen LogP contribution in [0, 0.1) is 10.1 Å². The average Bonchev–Trinajstić information content (AvgIpc) is 2.55. The summed E-state index contributed by atoms with van der Waals surface area (Å²) in [6.45, 7) is 0.877. The lowest BCUT2D eigenvalue weighted by atomic mass is 10.1. The fraction of sp³-hybridized carbons (Fsp3) is 0.250. The van der Waals surface area contributed by atoms with Crippen LogP contribution >= 0.6 is 12.4 Å². The first-order valence-electron chi connectivity index (χ1n) is 6.86. The second-order valence-electron chi connectivity index (χ2n) is 4.85.